The van der Waals surface area contributed by atoms with E-state index >= 15 is 0 Å². The minimum absolute atomic E-state index is 0.00126. The number of Topliss-reactive ketones (excluding diaryl/α,β-unsaturated/α-hetero) is 1. The number of methoxy groups -OCH3 is 1. The summed E-state index contributed by atoms with van der Waals surface area (Å²) in [6.45, 7) is 4.62. The molecule has 6 heteroatoms. The highest BCUT2D eigenvalue weighted by molar-refractivity contribution is 6.00. The monoisotopic (exact) mass is 382 g/mol. The van der Waals surface area contributed by atoms with Crippen molar-refractivity contribution in [3.63, 3.8) is 0 Å². The van der Waals surface area contributed by atoms with Gasteiger partial charge in [-0.15, -0.1) is 0 Å². The van der Waals surface area contributed by atoms with E-state index in [0.29, 0.717) is 40.9 Å². The van der Waals surface area contributed by atoms with Gasteiger partial charge in [0.2, 0.25) is 6.79 Å². The van der Waals surface area contributed by atoms with Crippen molar-refractivity contribution >= 4 is 5.78 Å². The Balaban J connectivity index is 1.61. The third-order valence-electron chi connectivity index (χ3n) is 4.71. The van der Waals surface area contributed by atoms with Gasteiger partial charge in [-0.3, -0.25) is 4.79 Å². The smallest absolute Gasteiger partial charge is 0.231 e. The van der Waals surface area contributed by atoms with E-state index in [2.05, 4.69) is 0 Å². The number of carbonyl (C=O) groups excluding carboxylic acids is 1. The van der Waals surface area contributed by atoms with Crippen molar-refractivity contribution < 1.29 is 28.5 Å². The molecule has 0 bridgehead atoms. The number of allylic oxidation sites excluding steroid dienone is 1. The van der Waals surface area contributed by atoms with E-state index < -0.39 is 6.10 Å². The van der Waals surface area contributed by atoms with Crippen LogP contribution in [0.25, 0.3) is 0 Å². The van der Waals surface area contributed by atoms with E-state index in [1.807, 2.05) is 38.1 Å². The van der Waals surface area contributed by atoms with Crippen LogP contribution in [0.1, 0.15) is 42.3 Å². The molecule has 2 aromatic rings. The molecule has 0 aromatic heterocycles. The maximum Gasteiger partial charge on any atom is 0.231 e. The van der Waals surface area contributed by atoms with Crippen LogP contribution < -0.4 is 23.7 Å². The fourth-order valence-corrected chi connectivity index (χ4v) is 3.20. The predicted molar refractivity (Wildman–Crippen MR) is 103 cm³/mol. The Morgan fingerprint density at radius 2 is 1.93 bits per heavy atom. The Morgan fingerprint density at radius 1 is 1.11 bits per heavy atom. The van der Waals surface area contributed by atoms with Crippen molar-refractivity contribution in [1.82, 2.24) is 0 Å². The van der Waals surface area contributed by atoms with Crippen LogP contribution in [0.15, 0.2) is 42.0 Å². The zero-order valence-corrected chi connectivity index (χ0v) is 16.1. The molecule has 2 aliphatic heterocycles. The van der Waals surface area contributed by atoms with E-state index in [1.165, 1.54) is 0 Å². The van der Waals surface area contributed by atoms with Crippen molar-refractivity contribution in [2.24, 2.45) is 0 Å². The van der Waals surface area contributed by atoms with Crippen LogP contribution in [-0.4, -0.2) is 26.3 Å². The third kappa shape index (κ3) is 3.50. The van der Waals surface area contributed by atoms with Crippen molar-refractivity contribution in [3.8, 4) is 28.7 Å². The second-order valence-corrected chi connectivity index (χ2v) is 6.94. The second kappa shape index (κ2) is 7.46. The number of ether oxygens (including phenoxy) is 5. The molecule has 1 unspecified atom stereocenters. The van der Waals surface area contributed by atoms with Crippen LogP contribution >= 0.6 is 0 Å². The summed E-state index contributed by atoms with van der Waals surface area (Å²) in [4.78, 5) is 12.8. The normalized spacial score (nSPS) is 16.8. The Hall–Kier alpha value is -3.15. The highest BCUT2D eigenvalue weighted by atomic mass is 16.7. The molecule has 28 heavy (non-hydrogen) atoms. The average molecular weight is 382 g/mol. The summed E-state index contributed by atoms with van der Waals surface area (Å²) in [5, 5.41) is 0. The lowest BCUT2D eigenvalue weighted by atomic mass is 9.95. The van der Waals surface area contributed by atoms with Gasteiger partial charge in [-0.2, -0.15) is 0 Å². The van der Waals surface area contributed by atoms with Crippen molar-refractivity contribution in [2.45, 2.75) is 26.4 Å². The molecule has 0 radical (unpaired) electrons. The largest absolute Gasteiger partial charge is 0.493 e. The highest BCUT2D eigenvalue weighted by Gasteiger charge is 2.30. The SMILES string of the molecule is COc1cc2c(cc1OCC=C(C)C)C(=O)CC(c1ccc3c(c1)OCO3)O2. The van der Waals surface area contributed by atoms with Crippen molar-refractivity contribution in [1.29, 1.82) is 0 Å². The topological polar surface area (TPSA) is 63.2 Å². The molecule has 2 heterocycles. The number of carbonyl (C=O) groups is 1. The van der Waals surface area contributed by atoms with Crippen LogP contribution in [0.4, 0.5) is 0 Å². The van der Waals surface area contributed by atoms with Crippen LogP contribution in [-0.2, 0) is 0 Å². The Morgan fingerprint density at radius 3 is 2.71 bits per heavy atom. The summed E-state index contributed by atoms with van der Waals surface area (Å²) in [6, 6.07) is 9.00. The number of hydrogen-bond donors (Lipinski definition) is 0. The standard InChI is InChI=1S/C22H22O6/c1-13(2)6-7-25-22-9-15-16(23)10-18(28-19(15)11-20(22)24-3)14-4-5-17-21(8-14)27-12-26-17/h4-6,8-9,11,18H,7,10,12H2,1-3H3. The maximum absolute atomic E-state index is 12.8. The number of hydrogen-bond acceptors (Lipinski definition) is 6. The van der Waals surface area contributed by atoms with Gasteiger partial charge in [-0.05, 0) is 43.7 Å². The molecule has 4 rings (SSSR count). The molecule has 0 saturated heterocycles. The fourth-order valence-electron chi connectivity index (χ4n) is 3.20. The first kappa shape index (κ1) is 18.2. The fraction of sp³-hybridized carbons (Fsp3) is 0.318. The van der Waals surface area contributed by atoms with Gasteiger partial charge in [-0.25, -0.2) is 0 Å². The van der Waals surface area contributed by atoms with Crippen LogP contribution in [0.3, 0.4) is 0 Å². The van der Waals surface area contributed by atoms with Gasteiger partial charge in [0.05, 0.1) is 19.1 Å². The first-order valence-electron chi connectivity index (χ1n) is 9.12. The Labute approximate surface area is 163 Å². The lowest BCUT2D eigenvalue weighted by Crippen LogP contribution is -2.20. The Kier molecular flexibility index (Phi) is 4.86. The molecule has 0 fully saturated rings. The molecular formula is C22H22O6. The van der Waals surface area contributed by atoms with Crippen LogP contribution in [0.2, 0.25) is 0 Å². The molecule has 0 spiro atoms. The molecule has 146 valence electrons. The molecule has 2 aromatic carbocycles. The lowest BCUT2D eigenvalue weighted by Gasteiger charge is -2.26. The number of rotatable bonds is 5. The minimum atomic E-state index is -0.392. The van der Waals surface area contributed by atoms with Crippen LogP contribution in [0, 0.1) is 0 Å². The van der Waals surface area contributed by atoms with Gasteiger partial charge >= 0.3 is 0 Å². The summed E-state index contributed by atoms with van der Waals surface area (Å²) in [6.07, 6.45) is 1.82. The zero-order valence-electron chi connectivity index (χ0n) is 16.1. The first-order valence-corrected chi connectivity index (χ1v) is 9.12. The molecular weight excluding hydrogens is 360 g/mol. The van der Waals surface area contributed by atoms with E-state index in [-0.39, 0.29) is 19.0 Å². The van der Waals surface area contributed by atoms with Gasteiger partial charge in [0.25, 0.3) is 0 Å². The van der Waals surface area contributed by atoms with Gasteiger partial charge < -0.3 is 23.7 Å². The summed E-state index contributed by atoms with van der Waals surface area (Å²) in [7, 11) is 1.56. The summed E-state index contributed by atoms with van der Waals surface area (Å²) in [5.74, 6) is 2.91. The van der Waals surface area contributed by atoms with Gasteiger partial charge in [0.15, 0.2) is 28.8 Å². The van der Waals surface area contributed by atoms with Crippen molar-refractivity contribution in [2.75, 3.05) is 20.5 Å². The summed E-state index contributed by atoms with van der Waals surface area (Å²) < 4.78 is 28.1. The molecule has 0 saturated carbocycles. The molecule has 1 atom stereocenters. The van der Waals surface area contributed by atoms with E-state index in [9.17, 15) is 4.79 Å². The van der Waals surface area contributed by atoms with E-state index in [4.69, 9.17) is 23.7 Å². The predicted octanol–water partition coefficient (Wildman–Crippen LogP) is 4.48. The molecule has 0 amide bonds. The van der Waals surface area contributed by atoms with E-state index in [1.54, 1.807) is 19.2 Å². The van der Waals surface area contributed by atoms with Gasteiger partial charge in [0.1, 0.15) is 18.5 Å². The summed E-state index contributed by atoms with van der Waals surface area (Å²) in [5.41, 5.74) is 2.53. The molecule has 6 nitrogen and oxygen atoms in total. The minimum Gasteiger partial charge on any atom is -0.493 e. The number of ketones is 1. The quantitative estimate of drug-likeness (QED) is 0.711. The second-order valence-electron chi connectivity index (χ2n) is 6.94. The van der Waals surface area contributed by atoms with E-state index in [0.717, 1.165) is 11.1 Å². The number of benzene rings is 2. The maximum atomic E-state index is 12.8. The molecule has 2 aliphatic rings. The zero-order chi connectivity index (χ0) is 19.7. The van der Waals surface area contributed by atoms with Gasteiger partial charge in [-0.1, -0.05) is 11.6 Å². The lowest BCUT2D eigenvalue weighted by molar-refractivity contribution is 0.0848. The average Bonchev–Trinajstić information content (AvgIpc) is 3.15. The third-order valence-corrected chi connectivity index (χ3v) is 4.71. The molecule has 0 aliphatic carbocycles. The Bertz CT molecular complexity index is 942. The van der Waals surface area contributed by atoms with Gasteiger partial charge in [0, 0.05) is 6.07 Å². The van der Waals surface area contributed by atoms with Crippen LogP contribution in [0.5, 0.6) is 28.7 Å². The van der Waals surface area contributed by atoms with Crippen molar-refractivity contribution in [3.05, 3.63) is 53.1 Å². The first-order chi connectivity index (χ1) is 13.5. The molecule has 0 N–H and O–H groups in total. The summed E-state index contributed by atoms with van der Waals surface area (Å²) >= 11 is 0. The highest BCUT2D eigenvalue weighted by Crippen LogP contribution is 2.43. The number of fused-ring (bicyclic) bond motifs is 2.